The first-order valence-electron chi connectivity index (χ1n) is 7.76. The Morgan fingerprint density at radius 2 is 1.96 bits per heavy atom. The second-order valence-corrected chi connectivity index (χ2v) is 7.97. The number of carbonyl (C=O) groups is 1. The van der Waals surface area contributed by atoms with Gasteiger partial charge in [0, 0.05) is 18.8 Å². The lowest BCUT2D eigenvalue weighted by molar-refractivity contribution is -0.117. The summed E-state index contributed by atoms with van der Waals surface area (Å²) in [6.07, 6.45) is 1.39. The number of sulfonamides is 1. The molecular formula is C16H27N3O3S. The molecule has 0 bridgehead atoms. The number of nitrogens with two attached hydrogens (primary N) is 1. The molecular weight excluding hydrogens is 314 g/mol. The predicted octanol–water partition coefficient (Wildman–Crippen LogP) is 2.09. The number of rotatable bonds is 7. The minimum absolute atomic E-state index is 0.152. The zero-order valence-corrected chi connectivity index (χ0v) is 15.3. The average Bonchev–Trinajstić information content (AvgIpc) is 2.48. The maximum atomic E-state index is 12.5. The number of nitrogens with zero attached hydrogens (tertiary/aromatic N) is 1. The van der Waals surface area contributed by atoms with E-state index in [0.717, 1.165) is 12.0 Å². The normalized spacial score (nSPS) is 13.4. The molecule has 0 spiro atoms. The third kappa shape index (κ3) is 4.76. The third-order valence-electron chi connectivity index (χ3n) is 3.81. The molecule has 0 heterocycles. The van der Waals surface area contributed by atoms with Gasteiger partial charge in [-0.2, -0.15) is 4.31 Å². The number of aryl methyl sites for hydroxylation is 1. The number of hydrogen-bond donors (Lipinski definition) is 2. The van der Waals surface area contributed by atoms with E-state index >= 15 is 0 Å². The minimum atomic E-state index is -3.59. The highest BCUT2D eigenvalue weighted by molar-refractivity contribution is 7.89. The first-order chi connectivity index (χ1) is 10.6. The van der Waals surface area contributed by atoms with Crippen LogP contribution >= 0.6 is 0 Å². The van der Waals surface area contributed by atoms with Gasteiger partial charge < -0.3 is 11.1 Å². The van der Waals surface area contributed by atoms with Gasteiger partial charge in [0.05, 0.1) is 10.9 Å². The monoisotopic (exact) mass is 341 g/mol. The topological polar surface area (TPSA) is 92.5 Å². The number of nitrogens with one attached hydrogen (secondary N) is 1. The second-order valence-electron chi connectivity index (χ2n) is 5.98. The van der Waals surface area contributed by atoms with Gasteiger partial charge in [-0.15, -0.1) is 0 Å². The fourth-order valence-corrected chi connectivity index (χ4v) is 3.40. The number of carbonyl (C=O) groups excluding carboxylic acids is 1. The van der Waals surface area contributed by atoms with Crippen LogP contribution in [0.5, 0.6) is 0 Å². The molecule has 1 atom stereocenters. The summed E-state index contributed by atoms with van der Waals surface area (Å²) in [4.78, 5) is 12.2. The highest BCUT2D eigenvalue weighted by atomic mass is 32.2. The van der Waals surface area contributed by atoms with E-state index in [4.69, 9.17) is 5.73 Å². The number of anilines is 1. The number of amides is 1. The van der Waals surface area contributed by atoms with Crippen molar-refractivity contribution in [2.75, 3.05) is 12.4 Å². The van der Waals surface area contributed by atoms with Crippen molar-refractivity contribution in [3.63, 3.8) is 0 Å². The van der Waals surface area contributed by atoms with Crippen LogP contribution < -0.4 is 11.1 Å². The molecule has 0 aliphatic carbocycles. The molecule has 0 aliphatic heterocycles. The van der Waals surface area contributed by atoms with Crippen LogP contribution in [0.4, 0.5) is 5.69 Å². The van der Waals surface area contributed by atoms with Gasteiger partial charge in [-0.3, -0.25) is 4.79 Å². The summed E-state index contributed by atoms with van der Waals surface area (Å²) in [5, 5.41) is 2.73. The molecule has 1 amide bonds. The maximum Gasteiger partial charge on any atom is 0.243 e. The zero-order valence-electron chi connectivity index (χ0n) is 14.5. The Labute approximate surface area is 139 Å². The first-order valence-corrected chi connectivity index (χ1v) is 9.20. The molecule has 0 fully saturated rings. The first kappa shape index (κ1) is 19.6. The molecule has 0 aromatic heterocycles. The van der Waals surface area contributed by atoms with Crippen molar-refractivity contribution >= 4 is 21.6 Å². The fourth-order valence-electron chi connectivity index (χ4n) is 2.01. The molecule has 0 saturated carbocycles. The molecule has 1 rings (SSSR count). The van der Waals surface area contributed by atoms with E-state index in [0.29, 0.717) is 12.1 Å². The Kier molecular flexibility index (Phi) is 6.73. The summed E-state index contributed by atoms with van der Waals surface area (Å²) in [7, 11) is -2.06. The molecule has 1 aromatic rings. The summed E-state index contributed by atoms with van der Waals surface area (Å²) >= 11 is 0. The summed E-state index contributed by atoms with van der Waals surface area (Å²) < 4.78 is 26.4. The largest absolute Gasteiger partial charge is 0.324 e. The summed E-state index contributed by atoms with van der Waals surface area (Å²) in [6.45, 7) is 7.37. The van der Waals surface area contributed by atoms with Crippen molar-refractivity contribution in [1.29, 1.82) is 0 Å². The van der Waals surface area contributed by atoms with E-state index in [1.807, 2.05) is 13.8 Å². The van der Waals surface area contributed by atoms with Crippen LogP contribution in [0.1, 0.15) is 39.2 Å². The lowest BCUT2D eigenvalue weighted by Gasteiger charge is -2.22. The van der Waals surface area contributed by atoms with Gasteiger partial charge >= 0.3 is 0 Å². The second kappa shape index (κ2) is 7.90. The van der Waals surface area contributed by atoms with Crippen molar-refractivity contribution in [3.8, 4) is 0 Å². The fraction of sp³-hybridized carbons (Fsp3) is 0.562. The lowest BCUT2D eigenvalue weighted by Crippen LogP contribution is -2.36. The van der Waals surface area contributed by atoms with Crippen LogP contribution in [0.15, 0.2) is 23.1 Å². The Bertz CT molecular complexity index is 657. The van der Waals surface area contributed by atoms with E-state index < -0.39 is 16.1 Å². The molecule has 0 aliphatic rings. The molecule has 7 heteroatoms. The summed E-state index contributed by atoms with van der Waals surface area (Å²) in [5.41, 5.74) is 7.06. The van der Waals surface area contributed by atoms with Gasteiger partial charge in [0.1, 0.15) is 0 Å². The molecule has 1 aromatic carbocycles. The minimum Gasteiger partial charge on any atom is -0.324 e. The smallest absolute Gasteiger partial charge is 0.243 e. The maximum absolute atomic E-state index is 12.5. The molecule has 130 valence electrons. The van der Waals surface area contributed by atoms with E-state index in [9.17, 15) is 13.2 Å². The Balaban J connectivity index is 3.12. The lowest BCUT2D eigenvalue weighted by atomic mass is 10.1. The van der Waals surface area contributed by atoms with Crippen molar-refractivity contribution in [2.24, 2.45) is 5.73 Å². The molecule has 23 heavy (non-hydrogen) atoms. The van der Waals surface area contributed by atoms with E-state index in [1.165, 1.54) is 17.4 Å². The average molecular weight is 341 g/mol. The molecule has 0 radical (unpaired) electrons. The Hall–Kier alpha value is -1.44. The predicted molar refractivity (Wildman–Crippen MR) is 92.8 cm³/mol. The van der Waals surface area contributed by atoms with Gasteiger partial charge in [-0.05, 0) is 44.9 Å². The van der Waals surface area contributed by atoms with Crippen molar-refractivity contribution in [1.82, 2.24) is 4.31 Å². The van der Waals surface area contributed by atoms with E-state index in [2.05, 4.69) is 5.32 Å². The van der Waals surface area contributed by atoms with E-state index in [1.54, 1.807) is 26.0 Å². The van der Waals surface area contributed by atoms with Crippen LogP contribution in [0.25, 0.3) is 0 Å². The highest BCUT2D eigenvalue weighted by Gasteiger charge is 2.24. The third-order valence-corrected chi connectivity index (χ3v) is 5.84. The van der Waals surface area contributed by atoms with Gasteiger partial charge in [0.25, 0.3) is 0 Å². The van der Waals surface area contributed by atoms with Crippen LogP contribution in [0.3, 0.4) is 0 Å². The quantitative estimate of drug-likeness (QED) is 0.794. The van der Waals surface area contributed by atoms with Gasteiger partial charge in [-0.25, -0.2) is 8.42 Å². The number of benzene rings is 1. The van der Waals surface area contributed by atoms with Crippen LogP contribution in [0.2, 0.25) is 0 Å². The molecule has 1 unspecified atom stereocenters. The van der Waals surface area contributed by atoms with E-state index in [-0.39, 0.29) is 16.8 Å². The number of hydrogen-bond acceptors (Lipinski definition) is 4. The zero-order chi connectivity index (χ0) is 17.8. The highest BCUT2D eigenvalue weighted by Crippen LogP contribution is 2.23. The Morgan fingerprint density at radius 1 is 1.35 bits per heavy atom. The molecule has 0 saturated heterocycles. The van der Waals surface area contributed by atoms with Crippen molar-refractivity contribution < 1.29 is 13.2 Å². The standard InChI is InChI=1S/C16H27N3O3S/c1-6-7-14(17)16(20)18-15-10-13(9-8-12(15)4)23(21,22)19(5)11(2)3/h8-11,14H,6-7,17H2,1-5H3,(H,18,20). The molecule has 6 nitrogen and oxygen atoms in total. The van der Waals surface area contributed by atoms with Crippen LogP contribution in [-0.4, -0.2) is 37.8 Å². The SMILES string of the molecule is CCCC(N)C(=O)Nc1cc(S(=O)(=O)N(C)C(C)C)ccc1C. The summed E-state index contributed by atoms with van der Waals surface area (Å²) in [6, 6.07) is 3.96. The van der Waals surface area contributed by atoms with Crippen LogP contribution in [-0.2, 0) is 14.8 Å². The van der Waals surface area contributed by atoms with Crippen molar-refractivity contribution in [2.45, 2.75) is 57.5 Å². The summed E-state index contributed by atoms with van der Waals surface area (Å²) in [5.74, 6) is -0.304. The van der Waals surface area contributed by atoms with Crippen molar-refractivity contribution in [3.05, 3.63) is 23.8 Å². The van der Waals surface area contributed by atoms with Gasteiger partial charge in [-0.1, -0.05) is 19.4 Å². The van der Waals surface area contributed by atoms with Crippen LogP contribution in [0, 0.1) is 6.92 Å². The Morgan fingerprint density at radius 3 is 2.48 bits per heavy atom. The molecule has 3 N–H and O–H groups in total. The van der Waals surface area contributed by atoms with Gasteiger partial charge in [0.2, 0.25) is 15.9 Å². The van der Waals surface area contributed by atoms with Gasteiger partial charge in [0.15, 0.2) is 0 Å².